The maximum atomic E-state index is 9.71. The van der Waals surface area contributed by atoms with E-state index in [4.69, 9.17) is 0 Å². The Morgan fingerprint density at radius 1 is 1.42 bits per heavy atom. The van der Waals surface area contributed by atoms with Gasteiger partial charge in [0.05, 0.1) is 11.9 Å². The molecular formula is C12H14N6O. The fourth-order valence-corrected chi connectivity index (χ4v) is 1.32. The molecule has 2 N–H and O–H groups in total. The lowest BCUT2D eigenvalue weighted by atomic mass is 10.4. The summed E-state index contributed by atoms with van der Waals surface area (Å²) < 4.78 is 0. The molecule has 0 unspecified atom stereocenters. The standard InChI is InChI=1S/C6H9N4.C6H5N2O/c1-2-5(1)3-7-6-8-4-9-10-6;9-5-8-6-2-1-3-7-4-6/h4-5H,1-3H2,(H,7,10);1-4H,(H,8,9). The van der Waals surface area contributed by atoms with Gasteiger partial charge < -0.3 is 10.6 Å². The van der Waals surface area contributed by atoms with Crippen LogP contribution in [0.4, 0.5) is 5.69 Å². The number of hydrogen-bond donors (Lipinski definition) is 2. The van der Waals surface area contributed by atoms with Crippen molar-refractivity contribution in [2.24, 2.45) is 16.1 Å². The second kappa shape index (κ2) is 7.10. The molecule has 0 saturated heterocycles. The third kappa shape index (κ3) is 5.15. The van der Waals surface area contributed by atoms with E-state index < -0.39 is 0 Å². The van der Waals surface area contributed by atoms with Crippen LogP contribution in [0.15, 0.2) is 34.7 Å². The summed E-state index contributed by atoms with van der Waals surface area (Å²) in [5, 5.41) is 16.7. The van der Waals surface area contributed by atoms with Crippen LogP contribution in [0.25, 0.3) is 0 Å². The Morgan fingerprint density at radius 2 is 2.32 bits per heavy atom. The van der Waals surface area contributed by atoms with Crippen molar-refractivity contribution in [3.8, 4) is 0 Å². The van der Waals surface area contributed by atoms with Gasteiger partial charge >= 0.3 is 6.41 Å². The molecule has 0 aromatic carbocycles. The van der Waals surface area contributed by atoms with E-state index in [2.05, 4.69) is 31.1 Å². The number of rotatable bonds is 4. The van der Waals surface area contributed by atoms with Gasteiger partial charge in [-0.2, -0.15) is 5.32 Å². The molecule has 19 heavy (non-hydrogen) atoms. The molecule has 3 rings (SSSR count). The number of nitrogens with one attached hydrogen (secondary N) is 2. The molecule has 1 aliphatic carbocycles. The van der Waals surface area contributed by atoms with E-state index >= 15 is 0 Å². The zero-order chi connectivity index (χ0) is 13.3. The first-order valence-electron chi connectivity index (χ1n) is 5.96. The number of carbonyl (C=O) groups excluding carboxylic acids is 1. The largest absolute Gasteiger partial charge is 0.353 e. The molecule has 0 spiro atoms. The van der Waals surface area contributed by atoms with Crippen LogP contribution in [-0.2, 0) is 4.79 Å². The molecule has 1 amide bonds. The SMILES string of the molecule is C1=NN=C(NCC2CC2)[N]1.O=[C]Nc1cccnc1. The normalized spacial score (nSPS) is 15.7. The highest BCUT2D eigenvalue weighted by atomic mass is 16.1. The summed E-state index contributed by atoms with van der Waals surface area (Å²) in [5.41, 5.74) is 0.660. The van der Waals surface area contributed by atoms with E-state index in [9.17, 15) is 4.79 Å². The maximum Gasteiger partial charge on any atom is 0.314 e. The second-order valence-electron chi connectivity index (χ2n) is 4.08. The minimum absolute atomic E-state index is 0.659. The maximum absolute atomic E-state index is 9.71. The predicted molar refractivity (Wildman–Crippen MR) is 72.3 cm³/mol. The van der Waals surface area contributed by atoms with Crippen molar-refractivity contribution in [2.75, 3.05) is 11.9 Å². The lowest BCUT2D eigenvalue weighted by molar-refractivity contribution is 0.561. The van der Waals surface area contributed by atoms with Crippen molar-refractivity contribution < 1.29 is 4.79 Å². The molecular weight excluding hydrogens is 244 g/mol. The molecule has 98 valence electrons. The van der Waals surface area contributed by atoms with Gasteiger partial charge in [-0.05, 0) is 30.9 Å². The lowest BCUT2D eigenvalue weighted by Crippen LogP contribution is -2.30. The van der Waals surface area contributed by atoms with Crippen molar-refractivity contribution in [1.29, 1.82) is 0 Å². The Hall–Kier alpha value is -2.44. The molecule has 0 atom stereocenters. The minimum Gasteiger partial charge on any atom is -0.353 e. The van der Waals surface area contributed by atoms with Gasteiger partial charge in [0, 0.05) is 12.7 Å². The first-order chi connectivity index (χ1) is 9.38. The number of pyridine rings is 1. The third-order valence-corrected chi connectivity index (χ3v) is 2.49. The Morgan fingerprint density at radius 3 is 2.89 bits per heavy atom. The van der Waals surface area contributed by atoms with E-state index in [-0.39, 0.29) is 0 Å². The van der Waals surface area contributed by atoms with Crippen molar-refractivity contribution in [3.63, 3.8) is 0 Å². The van der Waals surface area contributed by atoms with Crippen LogP contribution in [-0.4, -0.2) is 30.2 Å². The first kappa shape index (κ1) is 13.0. The smallest absolute Gasteiger partial charge is 0.314 e. The van der Waals surface area contributed by atoms with Crippen LogP contribution in [0, 0.1) is 5.92 Å². The van der Waals surface area contributed by atoms with Gasteiger partial charge in [0.15, 0.2) is 0 Å². The van der Waals surface area contributed by atoms with Crippen molar-refractivity contribution in [2.45, 2.75) is 12.8 Å². The highest BCUT2D eigenvalue weighted by Gasteiger charge is 2.21. The Kier molecular flexibility index (Phi) is 4.86. The summed E-state index contributed by atoms with van der Waals surface area (Å²) in [6.45, 7) is 1.01. The third-order valence-electron chi connectivity index (χ3n) is 2.49. The van der Waals surface area contributed by atoms with Crippen molar-refractivity contribution >= 4 is 24.4 Å². The molecule has 1 aromatic heterocycles. The van der Waals surface area contributed by atoms with Crippen LogP contribution in [0.5, 0.6) is 0 Å². The highest BCUT2D eigenvalue weighted by Crippen LogP contribution is 2.27. The highest BCUT2D eigenvalue weighted by molar-refractivity contribution is 5.92. The van der Waals surface area contributed by atoms with Crippen molar-refractivity contribution in [3.05, 3.63) is 24.5 Å². The van der Waals surface area contributed by atoms with E-state index in [1.54, 1.807) is 30.9 Å². The van der Waals surface area contributed by atoms with Crippen LogP contribution in [0.2, 0.25) is 0 Å². The van der Waals surface area contributed by atoms with Gasteiger partial charge in [-0.3, -0.25) is 9.78 Å². The fraction of sp³-hybridized carbons (Fsp3) is 0.333. The van der Waals surface area contributed by atoms with Crippen LogP contribution < -0.4 is 16.0 Å². The molecule has 1 saturated carbocycles. The van der Waals surface area contributed by atoms with Gasteiger partial charge in [-0.25, -0.2) is 0 Å². The van der Waals surface area contributed by atoms with Crippen molar-refractivity contribution in [1.82, 2.24) is 15.6 Å². The number of aromatic nitrogens is 1. The van der Waals surface area contributed by atoms with Gasteiger partial charge in [0.2, 0.25) is 5.96 Å². The van der Waals surface area contributed by atoms with Crippen LogP contribution in [0.3, 0.4) is 0 Å². The Balaban J connectivity index is 0.000000141. The summed E-state index contributed by atoms with van der Waals surface area (Å²) in [7, 11) is 0. The molecule has 2 aliphatic rings. The summed E-state index contributed by atoms with van der Waals surface area (Å²) in [6, 6.07) is 3.47. The lowest BCUT2D eigenvalue weighted by Gasteiger charge is -1.99. The Labute approximate surface area is 111 Å². The molecule has 7 nitrogen and oxygen atoms in total. The van der Waals surface area contributed by atoms with E-state index in [0.29, 0.717) is 11.6 Å². The molecule has 1 aromatic rings. The van der Waals surface area contributed by atoms with E-state index in [1.807, 2.05) is 0 Å². The summed E-state index contributed by atoms with van der Waals surface area (Å²) in [5.74, 6) is 1.52. The topological polar surface area (TPSA) is 92.8 Å². The monoisotopic (exact) mass is 258 g/mol. The number of hydrogen-bond acceptors (Lipinski definition) is 5. The summed E-state index contributed by atoms with van der Waals surface area (Å²) >= 11 is 0. The van der Waals surface area contributed by atoms with Gasteiger partial charge in [0.25, 0.3) is 0 Å². The molecule has 1 fully saturated rings. The summed E-state index contributed by atoms with van der Waals surface area (Å²) in [4.78, 5) is 13.5. The average molecular weight is 258 g/mol. The molecule has 7 heteroatoms. The van der Waals surface area contributed by atoms with E-state index in [0.717, 1.165) is 12.5 Å². The average Bonchev–Trinajstić information content (AvgIpc) is 3.13. The molecule has 1 aliphatic heterocycles. The second-order valence-corrected chi connectivity index (χ2v) is 4.08. The molecule has 2 heterocycles. The number of guanidine groups is 1. The molecule has 0 bridgehead atoms. The number of anilines is 1. The first-order valence-corrected chi connectivity index (χ1v) is 5.96. The quantitative estimate of drug-likeness (QED) is 0.768. The van der Waals surface area contributed by atoms with Gasteiger partial charge in [-0.15, -0.1) is 10.2 Å². The zero-order valence-corrected chi connectivity index (χ0v) is 10.3. The minimum atomic E-state index is 0.659. The zero-order valence-electron chi connectivity index (χ0n) is 10.3. The van der Waals surface area contributed by atoms with Crippen LogP contribution in [0.1, 0.15) is 12.8 Å². The molecule has 2 radical (unpaired) electrons. The predicted octanol–water partition coefficient (Wildman–Crippen LogP) is 0.464. The van der Waals surface area contributed by atoms with Crippen LogP contribution >= 0.6 is 0 Å². The van der Waals surface area contributed by atoms with Gasteiger partial charge in [0.1, 0.15) is 6.34 Å². The van der Waals surface area contributed by atoms with E-state index in [1.165, 1.54) is 19.2 Å². The van der Waals surface area contributed by atoms with Gasteiger partial charge in [-0.1, -0.05) is 0 Å². The summed E-state index contributed by atoms with van der Waals surface area (Å²) in [6.07, 6.45) is 8.88. The fourth-order valence-electron chi connectivity index (χ4n) is 1.32. The number of amides is 1. The number of nitrogens with zero attached hydrogens (tertiary/aromatic N) is 4. The Bertz CT molecular complexity index is 455.